The van der Waals surface area contributed by atoms with E-state index >= 15 is 0 Å². The van der Waals surface area contributed by atoms with E-state index < -0.39 is 5.97 Å². The molecule has 0 aliphatic rings. The zero-order valence-electron chi connectivity index (χ0n) is 16.1. The summed E-state index contributed by atoms with van der Waals surface area (Å²) in [7, 11) is 0. The van der Waals surface area contributed by atoms with Crippen LogP contribution in [0.4, 0.5) is 0 Å². The number of hydrogen-bond acceptors (Lipinski definition) is 4. The average molecular weight is 442 g/mol. The van der Waals surface area contributed by atoms with E-state index in [1.807, 2.05) is 30.3 Å². The number of carbonyl (C=O) groups is 1. The molecule has 2 rings (SSSR count). The van der Waals surface area contributed by atoms with Crippen LogP contribution in [0.5, 0.6) is 0 Å². The van der Waals surface area contributed by atoms with Gasteiger partial charge in [-0.25, -0.2) is 0 Å². The van der Waals surface area contributed by atoms with Gasteiger partial charge in [-0.3, -0.25) is 0 Å². The molecule has 0 amide bonds. The summed E-state index contributed by atoms with van der Waals surface area (Å²) in [6.45, 7) is 1.74. The van der Waals surface area contributed by atoms with E-state index in [1.54, 1.807) is 0 Å². The molecule has 0 bridgehead atoms. The second-order valence-corrected chi connectivity index (χ2v) is 6.46. The number of halogens is 1. The minimum Gasteiger partial charge on any atom is -0.543 e. The molecule has 4 nitrogen and oxygen atoms in total. The van der Waals surface area contributed by atoms with Crippen LogP contribution in [0.1, 0.15) is 30.9 Å². The van der Waals surface area contributed by atoms with E-state index in [9.17, 15) is 9.90 Å². The molecular formula is C21H25BrNNaO3. The van der Waals surface area contributed by atoms with E-state index in [0.29, 0.717) is 6.61 Å². The van der Waals surface area contributed by atoms with Gasteiger partial charge in [-0.1, -0.05) is 81.7 Å². The van der Waals surface area contributed by atoms with Crippen molar-refractivity contribution in [2.24, 2.45) is 5.16 Å². The maximum absolute atomic E-state index is 10.3. The molecule has 0 N–H and O–H groups in total. The van der Waals surface area contributed by atoms with Crippen LogP contribution in [0.15, 0.2) is 65.8 Å². The van der Waals surface area contributed by atoms with Gasteiger partial charge >= 0.3 is 29.6 Å². The van der Waals surface area contributed by atoms with E-state index in [-0.39, 0.29) is 35.3 Å². The van der Waals surface area contributed by atoms with Crippen molar-refractivity contribution in [3.05, 3.63) is 71.8 Å². The number of hydrogen-bond donors (Lipinski definition) is 0. The first kappa shape index (κ1) is 25.9. The first-order chi connectivity index (χ1) is 12.6. The molecular weight excluding hydrogens is 417 g/mol. The third-order valence-electron chi connectivity index (χ3n) is 3.48. The molecule has 0 fully saturated rings. The van der Waals surface area contributed by atoms with Gasteiger partial charge in [-0.15, -0.1) is 0 Å². The SMILES string of the molecule is BrCCCc1ccccc1.CC(=NOCCCc1ccccc1)C(=O)[O-].[Na+]. The average Bonchev–Trinajstić information content (AvgIpc) is 2.68. The Morgan fingerprint density at radius 2 is 1.44 bits per heavy atom. The van der Waals surface area contributed by atoms with E-state index in [4.69, 9.17) is 4.84 Å². The van der Waals surface area contributed by atoms with Gasteiger partial charge in [0.2, 0.25) is 0 Å². The summed E-state index contributed by atoms with van der Waals surface area (Å²) in [5.41, 5.74) is 2.52. The number of oxime groups is 1. The molecule has 2 aromatic rings. The summed E-state index contributed by atoms with van der Waals surface area (Å²) in [6.07, 6.45) is 4.10. The van der Waals surface area contributed by atoms with Crippen LogP contribution in [0, 0.1) is 0 Å². The quantitative estimate of drug-likeness (QED) is 0.190. The van der Waals surface area contributed by atoms with Gasteiger partial charge < -0.3 is 14.7 Å². The summed E-state index contributed by atoms with van der Waals surface area (Å²) >= 11 is 3.41. The second kappa shape index (κ2) is 17.0. The predicted octanol–water partition coefficient (Wildman–Crippen LogP) is 0.780. The van der Waals surface area contributed by atoms with Crippen LogP contribution in [0.2, 0.25) is 0 Å². The molecule has 0 saturated carbocycles. The first-order valence-electron chi connectivity index (χ1n) is 8.65. The largest absolute Gasteiger partial charge is 1.00 e. The van der Waals surface area contributed by atoms with Crippen LogP contribution in [-0.4, -0.2) is 23.6 Å². The topological polar surface area (TPSA) is 61.7 Å². The third kappa shape index (κ3) is 13.6. The van der Waals surface area contributed by atoms with Crippen LogP contribution >= 0.6 is 15.9 Å². The summed E-state index contributed by atoms with van der Waals surface area (Å²) in [6, 6.07) is 20.6. The standard InChI is InChI=1S/C12H15NO3.C9H11Br.Na/c1-10(12(14)15)13-16-9-5-8-11-6-3-2-4-7-11;10-8-4-7-9-5-2-1-3-6-9;/h2-4,6-7H,5,8-9H2,1H3,(H,14,15);1-3,5-6H,4,7-8H2;/q;;+1/p-1. The zero-order valence-corrected chi connectivity index (χ0v) is 19.7. The first-order valence-corrected chi connectivity index (χ1v) is 9.77. The van der Waals surface area contributed by atoms with E-state index in [1.165, 1.54) is 30.9 Å². The van der Waals surface area contributed by atoms with Gasteiger partial charge in [0.25, 0.3) is 0 Å². The van der Waals surface area contributed by atoms with Crippen molar-refractivity contribution in [1.29, 1.82) is 0 Å². The number of carbonyl (C=O) groups excluding carboxylic acids is 1. The Kier molecular flexibility index (Phi) is 16.3. The summed E-state index contributed by atoms with van der Waals surface area (Å²) < 4.78 is 0. The molecule has 0 radical (unpaired) electrons. The Bertz CT molecular complexity index is 651. The molecule has 2 aromatic carbocycles. The molecule has 0 spiro atoms. The third-order valence-corrected chi connectivity index (χ3v) is 4.04. The summed E-state index contributed by atoms with van der Waals surface area (Å²) in [4.78, 5) is 15.1. The van der Waals surface area contributed by atoms with Crippen LogP contribution in [-0.2, 0) is 22.5 Å². The number of rotatable bonds is 9. The number of carboxylic acid groups (broad SMARTS) is 1. The Balaban J connectivity index is 0.000000531. The van der Waals surface area contributed by atoms with Gasteiger partial charge in [-0.05, 0) is 43.7 Å². The van der Waals surface area contributed by atoms with Crippen molar-refractivity contribution in [2.75, 3.05) is 11.9 Å². The zero-order chi connectivity index (χ0) is 19.0. The molecule has 6 heteroatoms. The fourth-order valence-corrected chi connectivity index (χ4v) is 2.36. The van der Waals surface area contributed by atoms with Gasteiger partial charge in [-0.2, -0.15) is 0 Å². The molecule has 0 saturated heterocycles. The molecule has 0 heterocycles. The maximum Gasteiger partial charge on any atom is 1.00 e. The Hall–Kier alpha value is -1.14. The smallest absolute Gasteiger partial charge is 0.543 e. The van der Waals surface area contributed by atoms with Crippen molar-refractivity contribution >= 4 is 27.6 Å². The predicted molar refractivity (Wildman–Crippen MR) is 107 cm³/mol. The molecule has 0 aromatic heterocycles. The molecule has 0 unspecified atom stereocenters. The normalized spacial score (nSPS) is 10.2. The summed E-state index contributed by atoms with van der Waals surface area (Å²) in [5.74, 6) is -1.30. The molecule has 27 heavy (non-hydrogen) atoms. The molecule has 0 atom stereocenters. The monoisotopic (exact) mass is 441 g/mol. The fourth-order valence-electron chi connectivity index (χ4n) is 2.08. The van der Waals surface area contributed by atoms with Gasteiger partial charge in [0, 0.05) is 5.33 Å². The number of carboxylic acids is 1. The van der Waals surface area contributed by atoms with Crippen molar-refractivity contribution < 1.29 is 44.3 Å². The Morgan fingerprint density at radius 3 is 1.89 bits per heavy atom. The Morgan fingerprint density at radius 1 is 0.963 bits per heavy atom. The molecule has 140 valence electrons. The van der Waals surface area contributed by atoms with Crippen LogP contribution in [0.3, 0.4) is 0 Å². The van der Waals surface area contributed by atoms with Crippen molar-refractivity contribution in [1.82, 2.24) is 0 Å². The molecule has 0 aliphatic heterocycles. The van der Waals surface area contributed by atoms with Gasteiger partial charge in [0.05, 0.1) is 11.7 Å². The fraction of sp³-hybridized carbons (Fsp3) is 0.333. The van der Waals surface area contributed by atoms with Gasteiger partial charge in [0.15, 0.2) is 0 Å². The van der Waals surface area contributed by atoms with Crippen molar-refractivity contribution in [3.8, 4) is 0 Å². The van der Waals surface area contributed by atoms with Crippen molar-refractivity contribution in [3.63, 3.8) is 0 Å². The van der Waals surface area contributed by atoms with E-state index in [0.717, 1.165) is 18.2 Å². The number of benzene rings is 2. The van der Waals surface area contributed by atoms with Crippen LogP contribution < -0.4 is 34.7 Å². The minimum absolute atomic E-state index is 0. The molecule has 0 aliphatic carbocycles. The van der Waals surface area contributed by atoms with E-state index in [2.05, 4.69) is 51.4 Å². The number of aliphatic carboxylic acids is 1. The minimum atomic E-state index is -1.30. The van der Waals surface area contributed by atoms with Crippen LogP contribution in [0.25, 0.3) is 0 Å². The Labute approximate surface area is 192 Å². The summed E-state index contributed by atoms with van der Waals surface area (Å²) in [5, 5.41) is 14.8. The number of nitrogens with zero attached hydrogens (tertiary/aromatic N) is 1. The van der Waals surface area contributed by atoms with Gasteiger partial charge in [0.1, 0.15) is 6.61 Å². The number of aryl methyl sites for hydroxylation is 2. The maximum atomic E-state index is 10.3. The van der Waals surface area contributed by atoms with Crippen molar-refractivity contribution in [2.45, 2.75) is 32.6 Å². The second-order valence-electron chi connectivity index (χ2n) is 5.66. The number of alkyl halides is 1.